The molecule has 2 aromatic rings. The van der Waals surface area contributed by atoms with Crippen LogP contribution in [0.15, 0.2) is 28.7 Å². The van der Waals surface area contributed by atoms with Gasteiger partial charge >= 0.3 is 0 Å². The molecule has 0 saturated heterocycles. The summed E-state index contributed by atoms with van der Waals surface area (Å²) in [5.74, 6) is 1.25. The van der Waals surface area contributed by atoms with Crippen molar-refractivity contribution in [3.05, 3.63) is 30.0 Å². The van der Waals surface area contributed by atoms with Gasteiger partial charge in [-0.3, -0.25) is 0 Å². The van der Waals surface area contributed by atoms with Crippen LogP contribution in [-0.4, -0.2) is 17.8 Å². The van der Waals surface area contributed by atoms with Gasteiger partial charge in [0.05, 0.1) is 18.0 Å². The molecule has 1 atom stereocenters. The molecule has 16 heavy (non-hydrogen) atoms. The summed E-state index contributed by atoms with van der Waals surface area (Å²) in [4.78, 5) is 0. The molecule has 0 aliphatic heterocycles. The van der Waals surface area contributed by atoms with Crippen molar-refractivity contribution < 1.29 is 14.3 Å². The van der Waals surface area contributed by atoms with E-state index < -0.39 is 6.10 Å². The molecule has 1 aromatic carbocycles. The van der Waals surface area contributed by atoms with Crippen molar-refractivity contribution in [1.82, 2.24) is 0 Å². The van der Waals surface area contributed by atoms with E-state index in [1.807, 2.05) is 24.3 Å². The summed E-state index contributed by atoms with van der Waals surface area (Å²) < 4.78 is 11.1. The quantitative estimate of drug-likeness (QED) is 0.823. The number of aliphatic hydroxyl groups is 1. The van der Waals surface area contributed by atoms with Crippen molar-refractivity contribution >= 4 is 11.0 Å². The first kappa shape index (κ1) is 11.0. The number of hydrogen-bond acceptors (Lipinski definition) is 4. The Kier molecular flexibility index (Phi) is 3.12. The molecule has 1 aromatic heterocycles. The zero-order chi connectivity index (χ0) is 11.5. The van der Waals surface area contributed by atoms with E-state index in [0.29, 0.717) is 11.5 Å². The minimum absolute atomic E-state index is 0.233. The van der Waals surface area contributed by atoms with Gasteiger partial charge in [-0.05, 0) is 19.1 Å². The third kappa shape index (κ3) is 2.03. The number of para-hydroxylation sites is 1. The van der Waals surface area contributed by atoms with Crippen LogP contribution in [0, 0.1) is 0 Å². The fourth-order valence-electron chi connectivity index (χ4n) is 1.57. The number of hydrogen-bond donors (Lipinski definition) is 2. The van der Waals surface area contributed by atoms with Crippen LogP contribution in [0.2, 0.25) is 0 Å². The van der Waals surface area contributed by atoms with E-state index in [4.69, 9.17) is 14.9 Å². The second-order valence-electron chi connectivity index (χ2n) is 3.71. The second kappa shape index (κ2) is 4.55. The van der Waals surface area contributed by atoms with Gasteiger partial charge in [-0.2, -0.15) is 0 Å². The highest BCUT2D eigenvalue weighted by Gasteiger charge is 2.14. The molecule has 86 valence electrons. The van der Waals surface area contributed by atoms with Gasteiger partial charge in [0.1, 0.15) is 12.2 Å². The lowest BCUT2D eigenvalue weighted by Crippen LogP contribution is -2.13. The number of nitrogens with two attached hydrogens (primary N) is 1. The Bertz CT molecular complexity index is 476. The molecule has 0 radical (unpaired) electrons. The summed E-state index contributed by atoms with van der Waals surface area (Å²) in [5.41, 5.74) is 6.34. The zero-order valence-electron chi connectivity index (χ0n) is 9.14. The van der Waals surface area contributed by atoms with Gasteiger partial charge in [0.2, 0.25) is 0 Å². The molecular formula is C12H15NO3. The molecule has 0 amide bonds. The van der Waals surface area contributed by atoms with E-state index in [9.17, 15) is 5.11 Å². The fourth-order valence-corrected chi connectivity index (χ4v) is 1.57. The Morgan fingerprint density at radius 1 is 1.44 bits per heavy atom. The third-order valence-electron chi connectivity index (χ3n) is 2.27. The Hall–Kier alpha value is -1.52. The number of benzene rings is 1. The van der Waals surface area contributed by atoms with Crippen molar-refractivity contribution in [2.24, 2.45) is 5.73 Å². The van der Waals surface area contributed by atoms with Crippen LogP contribution >= 0.6 is 0 Å². The predicted molar refractivity (Wildman–Crippen MR) is 61.3 cm³/mol. The van der Waals surface area contributed by atoms with Crippen molar-refractivity contribution in [2.45, 2.75) is 19.6 Å². The molecule has 0 spiro atoms. The Morgan fingerprint density at radius 3 is 2.88 bits per heavy atom. The minimum Gasteiger partial charge on any atom is -0.487 e. The molecule has 3 N–H and O–H groups in total. The number of aliphatic hydroxyl groups excluding tert-OH is 1. The smallest absolute Gasteiger partial charge is 0.169 e. The zero-order valence-corrected chi connectivity index (χ0v) is 9.14. The summed E-state index contributed by atoms with van der Waals surface area (Å²) in [7, 11) is 0. The highest BCUT2D eigenvalue weighted by molar-refractivity contribution is 5.85. The number of rotatable bonds is 4. The normalized spacial score (nSPS) is 12.9. The predicted octanol–water partition coefficient (Wildman–Crippen LogP) is 1.65. The monoisotopic (exact) mass is 221 g/mol. The lowest BCUT2D eigenvalue weighted by atomic mass is 10.2. The minimum atomic E-state index is -0.515. The van der Waals surface area contributed by atoms with Gasteiger partial charge in [0, 0.05) is 0 Å². The molecule has 4 nitrogen and oxygen atoms in total. The lowest BCUT2D eigenvalue weighted by molar-refractivity contribution is 0.122. The molecule has 1 unspecified atom stereocenters. The van der Waals surface area contributed by atoms with Gasteiger partial charge < -0.3 is 20.0 Å². The highest BCUT2D eigenvalue weighted by Crippen LogP contribution is 2.32. The van der Waals surface area contributed by atoms with E-state index in [1.165, 1.54) is 0 Å². The van der Waals surface area contributed by atoms with Crippen LogP contribution in [0.5, 0.6) is 5.75 Å². The molecule has 0 aliphatic rings. The third-order valence-corrected chi connectivity index (χ3v) is 2.27. The van der Waals surface area contributed by atoms with Gasteiger partial charge in [0.15, 0.2) is 11.5 Å². The van der Waals surface area contributed by atoms with E-state index >= 15 is 0 Å². The maximum atomic E-state index is 9.20. The standard InChI is InChI=1S/C12H15NO3/c1-8(14)7-15-12-9-4-2-3-5-10(9)16-11(12)6-13/h2-5,8,14H,6-7,13H2,1H3. The van der Waals surface area contributed by atoms with Gasteiger partial charge in [-0.1, -0.05) is 12.1 Å². The van der Waals surface area contributed by atoms with E-state index in [-0.39, 0.29) is 13.2 Å². The first-order valence-electron chi connectivity index (χ1n) is 5.23. The van der Waals surface area contributed by atoms with Crippen LogP contribution < -0.4 is 10.5 Å². The Balaban J connectivity index is 2.39. The topological polar surface area (TPSA) is 68.6 Å². The summed E-state index contributed by atoms with van der Waals surface area (Å²) in [6.07, 6.45) is -0.515. The van der Waals surface area contributed by atoms with Crippen molar-refractivity contribution in [1.29, 1.82) is 0 Å². The maximum Gasteiger partial charge on any atom is 0.169 e. The fraction of sp³-hybridized carbons (Fsp3) is 0.333. The number of furan rings is 1. The van der Waals surface area contributed by atoms with Crippen LogP contribution in [-0.2, 0) is 6.54 Å². The van der Waals surface area contributed by atoms with E-state index in [0.717, 1.165) is 11.0 Å². The first-order valence-corrected chi connectivity index (χ1v) is 5.23. The average Bonchev–Trinajstić information content (AvgIpc) is 2.64. The van der Waals surface area contributed by atoms with Crippen molar-refractivity contribution in [3.63, 3.8) is 0 Å². The number of ether oxygens (including phenoxy) is 1. The van der Waals surface area contributed by atoms with Crippen molar-refractivity contribution in [3.8, 4) is 5.75 Å². The molecule has 0 aliphatic carbocycles. The molecule has 1 heterocycles. The van der Waals surface area contributed by atoms with E-state index in [1.54, 1.807) is 6.92 Å². The van der Waals surface area contributed by atoms with Crippen molar-refractivity contribution in [2.75, 3.05) is 6.61 Å². The summed E-state index contributed by atoms with van der Waals surface area (Å²) in [6, 6.07) is 7.58. The highest BCUT2D eigenvalue weighted by atomic mass is 16.5. The van der Waals surface area contributed by atoms with E-state index in [2.05, 4.69) is 0 Å². The van der Waals surface area contributed by atoms with Crippen LogP contribution in [0.4, 0.5) is 0 Å². The number of fused-ring (bicyclic) bond motifs is 1. The van der Waals surface area contributed by atoms with Gasteiger partial charge in [0.25, 0.3) is 0 Å². The van der Waals surface area contributed by atoms with Crippen LogP contribution in [0.3, 0.4) is 0 Å². The maximum absolute atomic E-state index is 9.20. The summed E-state index contributed by atoms with van der Waals surface area (Å²) in [6.45, 7) is 2.19. The Morgan fingerprint density at radius 2 is 2.19 bits per heavy atom. The second-order valence-corrected chi connectivity index (χ2v) is 3.71. The molecule has 0 bridgehead atoms. The first-order chi connectivity index (χ1) is 7.72. The van der Waals surface area contributed by atoms with Crippen LogP contribution in [0.25, 0.3) is 11.0 Å². The Labute approximate surface area is 93.6 Å². The summed E-state index contributed by atoms with van der Waals surface area (Å²) >= 11 is 0. The summed E-state index contributed by atoms with van der Waals surface area (Å²) in [5, 5.41) is 10.1. The van der Waals surface area contributed by atoms with Crippen LogP contribution in [0.1, 0.15) is 12.7 Å². The molecule has 2 rings (SSSR count). The average molecular weight is 221 g/mol. The molecule has 0 fully saturated rings. The molecular weight excluding hydrogens is 206 g/mol. The van der Waals surface area contributed by atoms with Gasteiger partial charge in [-0.25, -0.2) is 0 Å². The molecule has 4 heteroatoms. The SMILES string of the molecule is CC(O)COc1c(CN)oc2ccccc12. The molecule has 0 saturated carbocycles. The van der Waals surface area contributed by atoms with Gasteiger partial charge in [-0.15, -0.1) is 0 Å². The largest absolute Gasteiger partial charge is 0.487 e. The lowest BCUT2D eigenvalue weighted by Gasteiger charge is -2.07.